The maximum atomic E-state index is 12.1. The van der Waals surface area contributed by atoms with Crippen LogP contribution in [0.2, 0.25) is 0 Å². The lowest BCUT2D eigenvalue weighted by atomic mass is 10.1. The molecular weight excluding hydrogens is 425 g/mol. The highest BCUT2D eigenvalue weighted by Gasteiger charge is 2.61. The van der Waals surface area contributed by atoms with E-state index in [4.69, 9.17) is 33.8 Å². The van der Waals surface area contributed by atoms with Crippen LogP contribution in [0, 0.1) is 0 Å². The van der Waals surface area contributed by atoms with Crippen LogP contribution in [0.4, 0.5) is 0 Å². The van der Waals surface area contributed by atoms with Gasteiger partial charge in [-0.1, -0.05) is 0 Å². The summed E-state index contributed by atoms with van der Waals surface area (Å²) in [6.45, 7) is 2.94. The van der Waals surface area contributed by atoms with Crippen molar-refractivity contribution in [3.63, 3.8) is 0 Å². The van der Waals surface area contributed by atoms with E-state index in [1.54, 1.807) is 0 Å². The molecule has 2 aliphatic heterocycles. The SMILES string of the molecule is CC1(C)O[C@@H]2[C@@H](C(O)OP(=O)(O)C(P(=O)(O)O)P(=O)(O)O)OC(O)[C@@H]2O1. The van der Waals surface area contributed by atoms with Crippen molar-refractivity contribution in [3.05, 3.63) is 0 Å². The summed E-state index contributed by atoms with van der Waals surface area (Å²) >= 11 is 0. The highest BCUT2D eigenvalue weighted by Crippen LogP contribution is 2.75. The van der Waals surface area contributed by atoms with Gasteiger partial charge in [-0.15, -0.1) is 0 Å². The monoisotopic (exact) mass is 444 g/mol. The van der Waals surface area contributed by atoms with E-state index in [1.807, 2.05) is 0 Å². The second kappa shape index (κ2) is 6.94. The summed E-state index contributed by atoms with van der Waals surface area (Å²) in [6.07, 6.45) is -8.01. The third kappa shape index (κ3) is 4.62. The van der Waals surface area contributed by atoms with Crippen LogP contribution in [-0.2, 0) is 32.4 Å². The lowest BCUT2D eigenvalue weighted by Gasteiger charge is -2.29. The molecule has 7 N–H and O–H groups in total. The van der Waals surface area contributed by atoms with Crippen LogP contribution in [0.15, 0.2) is 0 Å². The van der Waals surface area contributed by atoms with E-state index in [0.29, 0.717) is 0 Å². The Bertz CT molecular complexity index is 659. The van der Waals surface area contributed by atoms with E-state index >= 15 is 0 Å². The maximum absolute atomic E-state index is 12.1. The van der Waals surface area contributed by atoms with Gasteiger partial charge in [0, 0.05) is 0 Å². The van der Waals surface area contributed by atoms with E-state index in [0.717, 1.165) is 0 Å². The molecule has 3 unspecified atom stereocenters. The van der Waals surface area contributed by atoms with Crippen LogP contribution in [0.5, 0.6) is 0 Å². The van der Waals surface area contributed by atoms with Gasteiger partial charge >= 0.3 is 22.8 Å². The van der Waals surface area contributed by atoms with Gasteiger partial charge in [0.25, 0.3) is 5.14 Å². The molecule has 154 valence electrons. The van der Waals surface area contributed by atoms with Gasteiger partial charge in [0.1, 0.15) is 18.3 Å². The summed E-state index contributed by atoms with van der Waals surface area (Å²) in [5.41, 5.74) is 0. The minimum absolute atomic E-state index is 1.11. The van der Waals surface area contributed by atoms with Crippen LogP contribution < -0.4 is 0 Å². The van der Waals surface area contributed by atoms with Crippen molar-refractivity contribution in [1.29, 1.82) is 0 Å². The first-order valence-electron chi connectivity index (χ1n) is 6.94. The van der Waals surface area contributed by atoms with E-state index in [1.165, 1.54) is 13.8 Å². The van der Waals surface area contributed by atoms with Gasteiger partial charge in [-0.2, -0.15) is 0 Å². The molecule has 0 amide bonds. The normalized spacial score (nSPS) is 35.3. The zero-order chi connectivity index (χ0) is 20.3. The zero-order valence-corrected chi connectivity index (χ0v) is 16.0. The number of ether oxygens (including phenoxy) is 3. The van der Waals surface area contributed by atoms with Gasteiger partial charge in [0.05, 0.1) is 0 Å². The van der Waals surface area contributed by atoms with Gasteiger partial charge in [-0.25, -0.2) is 0 Å². The Hall–Kier alpha value is 0.250. The molecule has 0 aliphatic carbocycles. The number of fused-ring (bicyclic) bond motifs is 1. The molecule has 0 aromatic heterocycles. The quantitative estimate of drug-likeness (QED) is 0.180. The van der Waals surface area contributed by atoms with Crippen LogP contribution in [-0.4, -0.2) is 76.5 Å². The molecule has 2 saturated heterocycles. The maximum Gasteiger partial charge on any atom is 0.358 e. The Labute approximate surface area is 146 Å². The van der Waals surface area contributed by atoms with Crippen LogP contribution in [0.1, 0.15) is 13.8 Å². The topological polar surface area (TPSA) is 230 Å². The van der Waals surface area contributed by atoms with Crippen molar-refractivity contribution in [3.8, 4) is 0 Å². The second-order valence-corrected chi connectivity index (χ2v) is 12.6. The average Bonchev–Trinajstić information content (AvgIpc) is 2.79. The molecule has 0 saturated carbocycles. The number of hydrogen-bond acceptors (Lipinski definition) is 9. The Morgan fingerprint density at radius 2 is 1.42 bits per heavy atom. The summed E-state index contributed by atoms with van der Waals surface area (Å²) in [5, 5.41) is 16.3. The van der Waals surface area contributed by atoms with E-state index in [2.05, 4.69) is 4.52 Å². The molecule has 26 heavy (non-hydrogen) atoms. The van der Waals surface area contributed by atoms with Crippen molar-refractivity contribution in [2.45, 2.75) is 55.7 Å². The Morgan fingerprint density at radius 1 is 0.962 bits per heavy atom. The number of aliphatic hydroxyl groups excluding tert-OH is 2. The summed E-state index contributed by atoms with van der Waals surface area (Å²) in [4.78, 5) is 45.7. The summed E-state index contributed by atoms with van der Waals surface area (Å²) < 4.78 is 54.4. The summed E-state index contributed by atoms with van der Waals surface area (Å²) in [6, 6.07) is 0. The van der Waals surface area contributed by atoms with Crippen molar-refractivity contribution >= 4 is 22.8 Å². The van der Waals surface area contributed by atoms with Crippen molar-refractivity contribution in [2.24, 2.45) is 0 Å². The van der Waals surface area contributed by atoms with Gasteiger partial charge in [0.2, 0.25) is 0 Å². The van der Waals surface area contributed by atoms with E-state index in [-0.39, 0.29) is 0 Å². The fraction of sp³-hybridized carbons (Fsp3) is 1.00. The van der Waals surface area contributed by atoms with Gasteiger partial charge < -0.3 is 48.9 Å². The fourth-order valence-corrected chi connectivity index (χ4v) is 8.16. The molecule has 2 fully saturated rings. The first-order valence-corrected chi connectivity index (χ1v) is 12.0. The Balaban J connectivity index is 2.23. The van der Waals surface area contributed by atoms with E-state index < -0.39 is 64.6 Å². The molecule has 2 heterocycles. The highest BCUT2D eigenvalue weighted by atomic mass is 31.3. The lowest BCUT2D eigenvalue weighted by Crippen LogP contribution is -2.40. The van der Waals surface area contributed by atoms with Crippen molar-refractivity contribution in [2.75, 3.05) is 0 Å². The predicted octanol–water partition coefficient (Wildman–Crippen LogP) is -1.62. The third-order valence-corrected chi connectivity index (χ3v) is 11.2. The number of hydrogen-bond donors (Lipinski definition) is 7. The van der Waals surface area contributed by atoms with Crippen LogP contribution in [0.3, 0.4) is 0 Å². The van der Waals surface area contributed by atoms with Crippen LogP contribution >= 0.6 is 22.8 Å². The van der Waals surface area contributed by atoms with Gasteiger partial charge in [0.15, 0.2) is 18.4 Å². The number of rotatable bonds is 6. The first-order chi connectivity index (χ1) is 11.5. The smallest absolute Gasteiger partial charge is 0.358 e. The zero-order valence-electron chi connectivity index (χ0n) is 13.3. The molecule has 6 atom stereocenters. The highest BCUT2D eigenvalue weighted by molar-refractivity contribution is 7.87. The molecule has 0 aromatic rings. The lowest BCUT2D eigenvalue weighted by molar-refractivity contribution is -0.246. The van der Waals surface area contributed by atoms with Crippen molar-refractivity contribution in [1.82, 2.24) is 0 Å². The van der Waals surface area contributed by atoms with Gasteiger partial charge in [-0.05, 0) is 13.8 Å². The molecule has 17 heteroatoms. The standard InChI is InChI=1S/C9H19O14P3/c1-9(2)21-3-4(20-6(10)5(3)22-9)7(11)23-26(18,19)8(24(12,13)14)25(15,16)17/h3-8,10-11H,1-2H3,(H,18,19)(H2,12,13,14)(H2,15,16,17)/t3-,4+,5-,6?,7?/m1/s1. The largest absolute Gasteiger partial charge is 0.366 e. The Morgan fingerprint density at radius 3 is 1.88 bits per heavy atom. The van der Waals surface area contributed by atoms with Gasteiger partial charge in [-0.3, -0.25) is 18.2 Å². The average molecular weight is 444 g/mol. The minimum Gasteiger partial charge on any atom is -0.366 e. The summed E-state index contributed by atoms with van der Waals surface area (Å²) in [7, 11) is -17.4. The van der Waals surface area contributed by atoms with Crippen LogP contribution in [0.25, 0.3) is 0 Å². The molecular formula is C9H19O14P3. The molecule has 2 aliphatic rings. The predicted molar refractivity (Wildman–Crippen MR) is 79.5 cm³/mol. The van der Waals surface area contributed by atoms with Crippen molar-refractivity contribution < 1.29 is 67.1 Å². The summed E-state index contributed by atoms with van der Waals surface area (Å²) in [5.74, 6) is -1.21. The molecule has 2 rings (SSSR count). The van der Waals surface area contributed by atoms with E-state index in [9.17, 15) is 28.8 Å². The first kappa shape index (κ1) is 22.5. The Kier molecular flexibility index (Phi) is 6.02. The molecule has 14 nitrogen and oxygen atoms in total. The molecule has 0 bridgehead atoms. The third-order valence-electron chi connectivity index (χ3n) is 3.50. The molecule has 0 aromatic carbocycles. The molecule has 0 spiro atoms. The fourth-order valence-electron chi connectivity index (χ4n) is 2.68. The minimum atomic E-state index is -5.82. The second-order valence-electron chi connectivity index (χ2n) is 6.14. The number of aliphatic hydroxyl groups is 2. The molecule has 0 radical (unpaired) electrons.